The van der Waals surface area contributed by atoms with E-state index < -0.39 is 17.5 Å². The van der Waals surface area contributed by atoms with Crippen molar-refractivity contribution in [2.45, 2.75) is 84.1 Å². The van der Waals surface area contributed by atoms with Crippen molar-refractivity contribution in [3.05, 3.63) is 59.2 Å². The molecule has 2 aromatic rings. The minimum Gasteiger partial charge on any atom is -0.490 e. The van der Waals surface area contributed by atoms with Gasteiger partial charge in [0.15, 0.2) is 0 Å². The molecule has 0 aromatic heterocycles. The number of rotatable bonds is 10. The Morgan fingerprint density at radius 1 is 0.884 bits per heavy atom. The highest BCUT2D eigenvalue weighted by Gasteiger charge is 2.38. The van der Waals surface area contributed by atoms with Crippen LogP contribution < -0.4 is 9.64 Å². The van der Waals surface area contributed by atoms with Crippen molar-refractivity contribution in [2.75, 3.05) is 38.8 Å². The van der Waals surface area contributed by atoms with Crippen molar-refractivity contribution < 1.29 is 33.3 Å². The fraction of sp³-hybridized carbons (Fsp3) is 0.559. The molecule has 2 aliphatic rings. The zero-order chi connectivity index (χ0) is 31.3. The summed E-state index contributed by atoms with van der Waals surface area (Å²) >= 11 is 0. The first-order valence-corrected chi connectivity index (χ1v) is 15.2. The van der Waals surface area contributed by atoms with Crippen LogP contribution in [-0.2, 0) is 14.2 Å². The number of hydrogen-bond acceptors (Lipinski definition) is 9. The highest BCUT2D eigenvalue weighted by molar-refractivity contribution is 6.03. The summed E-state index contributed by atoms with van der Waals surface area (Å²) in [4.78, 5) is 41.7. The van der Waals surface area contributed by atoms with Crippen molar-refractivity contribution in [3.63, 3.8) is 0 Å². The third kappa shape index (κ3) is 8.28. The van der Waals surface area contributed by atoms with Crippen molar-refractivity contribution in [2.24, 2.45) is 5.92 Å². The molecule has 234 valence electrons. The second-order valence-electron chi connectivity index (χ2n) is 12.8. The van der Waals surface area contributed by atoms with Crippen LogP contribution in [0.1, 0.15) is 91.4 Å². The van der Waals surface area contributed by atoms with Gasteiger partial charge in [-0.1, -0.05) is 0 Å². The molecule has 43 heavy (non-hydrogen) atoms. The minimum atomic E-state index is -0.604. The normalized spacial score (nSPS) is 19.1. The first kappa shape index (κ1) is 32.3. The number of esters is 3. The fourth-order valence-electron chi connectivity index (χ4n) is 5.86. The van der Waals surface area contributed by atoms with Crippen LogP contribution in [0.25, 0.3) is 0 Å². The van der Waals surface area contributed by atoms with Gasteiger partial charge in [-0.15, -0.1) is 0 Å². The Hall–Kier alpha value is -3.59. The molecule has 0 amide bonds. The molecule has 1 heterocycles. The van der Waals surface area contributed by atoms with E-state index in [9.17, 15) is 14.4 Å². The lowest BCUT2D eigenvalue weighted by atomic mass is 9.85. The molecular weight excluding hydrogens is 548 g/mol. The van der Waals surface area contributed by atoms with Gasteiger partial charge in [0.05, 0.1) is 30.9 Å². The van der Waals surface area contributed by atoms with Gasteiger partial charge in [0, 0.05) is 50.2 Å². The second-order valence-corrected chi connectivity index (χ2v) is 12.8. The van der Waals surface area contributed by atoms with Crippen molar-refractivity contribution in [1.29, 1.82) is 0 Å². The number of hydrogen-bond donors (Lipinski definition) is 0. The number of benzene rings is 2. The molecule has 0 atom stereocenters. The summed E-state index contributed by atoms with van der Waals surface area (Å²) in [5.41, 5.74) is 1.50. The topological polar surface area (TPSA) is 94.6 Å². The number of nitrogens with zero attached hydrogens (tertiary/aromatic N) is 2. The van der Waals surface area contributed by atoms with E-state index in [-0.39, 0.29) is 23.2 Å². The van der Waals surface area contributed by atoms with E-state index in [1.54, 1.807) is 18.2 Å². The number of methoxy groups -OCH3 is 2. The van der Waals surface area contributed by atoms with E-state index >= 15 is 0 Å². The average Bonchev–Trinajstić information content (AvgIpc) is 2.96. The van der Waals surface area contributed by atoms with Crippen LogP contribution in [0, 0.1) is 5.92 Å². The van der Waals surface area contributed by atoms with Crippen LogP contribution in [0.2, 0.25) is 0 Å². The van der Waals surface area contributed by atoms with Crippen molar-refractivity contribution in [1.82, 2.24) is 4.90 Å². The van der Waals surface area contributed by atoms with E-state index in [2.05, 4.69) is 23.6 Å². The van der Waals surface area contributed by atoms with Crippen molar-refractivity contribution >= 4 is 23.6 Å². The predicted octanol–water partition coefficient (Wildman–Crippen LogP) is 5.75. The standard InChI is InChI=1S/C34H46N2O7/c1-22(2)36(26-18-28(19-26)42-27-12-13-29(32(38)40-6)30(20-27)33(39)41-7)21-23-14-16-35(17-15-23)25-10-8-24(9-11-25)31(37)43-34(3,4)5/h8-13,20,22-23,26,28H,14-19,21H2,1-7H3. The molecule has 1 aliphatic heterocycles. The minimum absolute atomic E-state index is 0.0474. The Labute approximate surface area is 255 Å². The summed E-state index contributed by atoms with van der Waals surface area (Å²) in [5.74, 6) is -0.331. The van der Waals surface area contributed by atoms with Gasteiger partial charge in [-0.25, -0.2) is 14.4 Å². The second kappa shape index (κ2) is 13.8. The summed E-state index contributed by atoms with van der Waals surface area (Å²) in [5, 5.41) is 0. The molecule has 2 aromatic carbocycles. The van der Waals surface area contributed by atoms with Crippen LogP contribution in [0.4, 0.5) is 5.69 Å². The Morgan fingerprint density at radius 2 is 1.49 bits per heavy atom. The SMILES string of the molecule is COC(=O)c1ccc(OC2CC(N(CC3CCN(c4ccc(C(=O)OC(C)(C)C)cc4)CC3)C(C)C)C2)cc1C(=O)OC. The third-order valence-electron chi connectivity index (χ3n) is 8.26. The number of carbonyl (C=O) groups is 3. The number of ether oxygens (including phenoxy) is 4. The molecule has 0 bridgehead atoms. The summed E-state index contributed by atoms with van der Waals surface area (Å²) < 4.78 is 21.3. The maximum absolute atomic E-state index is 12.4. The smallest absolute Gasteiger partial charge is 0.338 e. The molecule has 0 unspecified atom stereocenters. The van der Waals surface area contributed by atoms with Gasteiger partial charge in [-0.3, -0.25) is 4.90 Å². The lowest BCUT2D eigenvalue weighted by molar-refractivity contribution is -0.00665. The maximum Gasteiger partial charge on any atom is 0.338 e. The third-order valence-corrected chi connectivity index (χ3v) is 8.26. The highest BCUT2D eigenvalue weighted by atomic mass is 16.6. The van der Waals surface area contributed by atoms with E-state index in [1.165, 1.54) is 14.2 Å². The van der Waals surface area contributed by atoms with Gasteiger partial charge in [0.25, 0.3) is 0 Å². The molecule has 0 N–H and O–H groups in total. The predicted molar refractivity (Wildman–Crippen MR) is 165 cm³/mol. The number of piperidine rings is 1. The van der Waals surface area contributed by atoms with Crippen LogP contribution in [0.3, 0.4) is 0 Å². The zero-order valence-electron chi connectivity index (χ0n) is 26.6. The lowest BCUT2D eigenvalue weighted by Gasteiger charge is -2.46. The van der Waals surface area contributed by atoms with E-state index in [0.717, 1.165) is 51.0 Å². The molecule has 2 fully saturated rings. The van der Waals surface area contributed by atoms with Crippen LogP contribution >= 0.6 is 0 Å². The Morgan fingerprint density at radius 3 is 2.05 bits per heavy atom. The fourth-order valence-corrected chi connectivity index (χ4v) is 5.86. The highest BCUT2D eigenvalue weighted by Crippen LogP contribution is 2.34. The van der Waals surface area contributed by atoms with Crippen LogP contribution in [0.5, 0.6) is 5.75 Å². The molecule has 0 spiro atoms. The van der Waals surface area contributed by atoms with E-state index in [1.807, 2.05) is 45.0 Å². The first-order chi connectivity index (χ1) is 20.4. The van der Waals surface area contributed by atoms with Gasteiger partial charge < -0.3 is 23.8 Å². The monoisotopic (exact) mass is 594 g/mol. The molecule has 9 nitrogen and oxygen atoms in total. The molecule has 1 saturated carbocycles. The lowest BCUT2D eigenvalue weighted by Crippen LogP contribution is -2.53. The van der Waals surface area contributed by atoms with Gasteiger partial charge in [0.2, 0.25) is 0 Å². The Kier molecular flexibility index (Phi) is 10.4. The summed E-state index contributed by atoms with van der Waals surface area (Å²) in [6.07, 6.45) is 4.10. The quantitative estimate of drug-likeness (QED) is 0.252. The summed E-state index contributed by atoms with van der Waals surface area (Å²) in [6, 6.07) is 13.4. The van der Waals surface area contributed by atoms with Gasteiger partial charge >= 0.3 is 17.9 Å². The summed E-state index contributed by atoms with van der Waals surface area (Å²) in [7, 11) is 2.56. The van der Waals surface area contributed by atoms with Crippen molar-refractivity contribution in [3.8, 4) is 5.75 Å². The van der Waals surface area contributed by atoms with Gasteiger partial charge in [-0.2, -0.15) is 0 Å². The number of anilines is 1. The molecule has 9 heteroatoms. The van der Waals surface area contributed by atoms with E-state index in [0.29, 0.717) is 29.3 Å². The molecular formula is C34H46N2O7. The van der Waals surface area contributed by atoms with Crippen LogP contribution in [0.15, 0.2) is 42.5 Å². The zero-order valence-corrected chi connectivity index (χ0v) is 26.6. The first-order valence-electron chi connectivity index (χ1n) is 15.2. The molecule has 0 radical (unpaired) electrons. The molecule has 1 aliphatic carbocycles. The molecule has 4 rings (SSSR count). The van der Waals surface area contributed by atoms with Gasteiger partial charge in [-0.05, 0) is 95.8 Å². The van der Waals surface area contributed by atoms with E-state index in [4.69, 9.17) is 18.9 Å². The Balaban J connectivity index is 1.27. The molecule has 1 saturated heterocycles. The Bertz CT molecular complexity index is 1270. The van der Waals surface area contributed by atoms with Crippen LogP contribution in [-0.4, -0.2) is 80.5 Å². The average molecular weight is 595 g/mol. The summed E-state index contributed by atoms with van der Waals surface area (Å²) in [6.45, 7) is 13.2. The largest absolute Gasteiger partial charge is 0.490 e. The number of carbonyl (C=O) groups excluding carboxylic acids is 3. The maximum atomic E-state index is 12.4. The van der Waals surface area contributed by atoms with Gasteiger partial charge in [0.1, 0.15) is 17.5 Å².